The summed E-state index contributed by atoms with van der Waals surface area (Å²) in [6.07, 6.45) is 0. The Morgan fingerprint density at radius 2 is 1.31 bits per heavy atom. The number of nitrogens with zero attached hydrogens (tertiary/aromatic N) is 2. The molecular formula is C13H31N3. The quantitative estimate of drug-likeness (QED) is 0.652. The van der Waals surface area contributed by atoms with Gasteiger partial charge >= 0.3 is 0 Å². The van der Waals surface area contributed by atoms with Crippen LogP contribution in [0.5, 0.6) is 0 Å². The average molecular weight is 229 g/mol. The molecule has 0 aliphatic carbocycles. The fourth-order valence-corrected chi connectivity index (χ4v) is 1.84. The minimum atomic E-state index is 0.235. The lowest BCUT2D eigenvalue weighted by atomic mass is 9.93. The third-order valence-corrected chi connectivity index (χ3v) is 3.28. The van der Waals surface area contributed by atoms with E-state index in [4.69, 9.17) is 5.73 Å². The Bertz CT molecular complexity index is 165. The van der Waals surface area contributed by atoms with Gasteiger partial charge in [0, 0.05) is 19.6 Å². The molecule has 0 aliphatic heterocycles. The molecule has 3 heteroatoms. The zero-order valence-corrected chi connectivity index (χ0v) is 11.9. The molecule has 0 amide bonds. The molecule has 0 heterocycles. The van der Waals surface area contributed by atoms with Crippen LogP contribution in [0.2, 0.25) is 0 Å². The van der Waals surface area contributed by atoms with Gasteiger partial charge in [0.25, 0.3) is 0 Å². The summed E-state index contributed by atoms with van der Waals surface area (Å²) in [5.74, 6) is 0. The molecule has 0 aromatic rings. The van der Waals surface area contributed by atoms with Gasteiger partial charge < -0.3 is 15.5 Å². The number of rotatable bonds is 9. The Balaban J connectivity index is 4.01. The van der Waals surface area contributed by atoms with Crippen molar-refractivity contribution in [3.63, 3.8) is 0 Å². The maximum Gasteiger partial charge on any atom is 0.0109 e. The summed E-state index contributed by atoms with van der Waals surface area (Å²) < 4.78 is 0. The van der Waals surface area contributed by atoms with Gasteiger partial charge in [-0.25, -0.2) is 0 Å². The van der Waals surface area contributed by atoms with Crippen molar-refractivity contribution in [1.82, 2.24) is 9.80 Å². The van der Waals surface area contributed by atoms with Gasteiger partial charge in [-0.1, -0.05) is 34.6 Å². The van der Waals surface area contributed by atoms with E-state index < -0.39 is 0 Å². The molecular weight excluding hydrogens is 198 g/mol. The highest BCUT2D eigenvalue weighted by Crippen LogP contribution is 2.14. The molecule has 0 aliphatic rings. The van der Waals surface area contributed by atoms with Crippen LogP contribution in [-0.2, 0) is 0 Å². The molecule has 0 bridgehead atoms. The van der Waals surface area contributed by atoms with Crippen molar-refractivity contribution in [3.8, 4) is 0 Å². The Morgan fingerprint density at radius 3 is 1.69 bits per heavy atom. The maximum atomic E-state index is 5.78. The minimum absolute atomic E-state index is 0.235. The fraction of sp³-hybridized carbons (Fsp3) is 1.00. The van der Waals surface area contributed by atoms with Crippen LogP contribution in [0.4, 0.5) is 0 Å². The van der Waals surface area contributed by atoms with Crippen molar-refractivity contribution in [3.05, 3.63) is 0 Å². The Kier molecular flexibility index (Phi) is 7.98. The first-order valence-corrected chi connectivity index (χ1v) is 6.63. The summed E-state index contributed by atoms with van der Waals surface area (Å²) in [6, 6.07) is 0. The molecule has 16 heavy (non-hydrogen) atoms. The van der Waals surface area contributed by atoms with Gasteiger partial charge in [0.1, 0.15) is 0 Å². The monoisotopic (exact) mass is 229 g/mol. The van der Waals surface area contributed by atoms with Gasteiger partial charge in [0.15, 0.2) is 0 Å². The van der Waals surface area contributed by atoms with E-state index in [1.54, 1.807) is 0 Å². The molecule has 0 saturated heterocycles. The van der Waals surface area contributed by atoms with E-state index in [1.165, 1.54) is 6.54 Å². The number of likely N-dealkylation sites (N-methyl/N-ethyl adjacent to an activating group) is 2. The van der Waals surface area contributed by atoms with E-state index in [0.29, 0.717) is 0 Å². The molecule has 0 unspecified atom stereocenters. The lowest BCUT2D eigenvalue weighted by molar-refractivity contribution is 0.165. The van der Waals surface area contributed by atoms with Crippen LogP contribution in [-0.4, -0.2) is 55.6 Å². The van der Waals surface area contributed by atoms with E-state index in [2.05, 4.69) is 44.4 Å². The van der Waals surface area contributed by atoms with Gasteiger partial charge in [0.05, 0.1) is 0 Å². The second-order valence-electron chi connectivity index (χ2n) is 5.26. The predicted molar refractivity (Wildman–Crippen MR) is 72.7 cm³/mol. The SMILES string of the molecule is CCN(CC)CCN(CC)CC(C)(C)CN. The Labute approximate surface area is 102 Å². The lowest BCUT2D eigenvalue weighted by Crippen LogP contribution is -2.42. The third kappa shape index (κ3) is 6.46. The summed E-state index contributed by atoms with van der Waals surface area (Å²) >= 11 is 0. The molecule has 3 nitrogen and oxygen atoms in total. The van der Waals surface area contributed by atoms with Gasteiger partial charge in [-0.2, -0.15) is 0 Å². The third-order valence-electron chi connectivity index (χ3n) is 3.28. The first-order chi connectivity index (χ1) is 7.49. The molecule has 0 rings (SSSR count). The molecule has 0 atom stereocenters. The summed E-state index contributed by atoms with van der Waals surface area (Å²) in [7, 11) is 0. The lowest BCUT2D eigenvalue weighted by Gasteiger charge is -2.32. The zero-order valence-electron chi connectivity index (χ0n) is 11.9. The minimum Gasteiger partial charge on any atom is -0.330 e. The standard InChI is InChI=1S/C13H31N3/c1-6-15(7-2)9-10-16(8-3)12-13(4,5)11-14/h6-12,14H2,1-5H3. The van der Waals surface area contributed by atoms with Crippen molar-refractivity contribution < 1.29 is 0 Å². The average Bonchev–Trinajstić information content (AvgIpc) is 2.28. The van der Waals surface area contributed by atoms with Gasteiger partial charge in [-0.3, -0.25) is 0 Å². The smallest absolute Gasteiger partial charge is 0.0109 e. The van der Waals surface area contributed by atoms with Crippen molar-refractivity contribution >= 4 is 0 Å². The number of nitrogens with two attached hydrogens (primary N) is 1. The zero-order chi connectivity index (χ0) is 12.6. The van der Waals surface area contributed by atoms with E-state index in [-0.39, 0.29) is 5.41 Å². The largest absolute Gasteiger partial charge is 0.330 e. The van der Waals surface area contributed by atoms with Crippen LogP contribution in [0.1, 0.15) is 34.6 Å². The molecule has 2 N–H and O–H groups in total. The molecule has 0 radical (unpaired) electrons. The predicted octanol–water partition coefficient (Wildman–Crippen LogP) is 1.64. The second-order valence-corrected chi connectivity index (χ2v) is 5.26. The summed E-state index contributed by atoms with van der Waals surface area (Å²) in [6.45, 7) is 18.8. The summed E-state index contributed by atoms with van der Waals surface area (Å²) in [5.41, 5.74) is 6.02. The van der Waals surface area contributed by atoms with Crippen molar-refractivity contribution in [2.45, 2.75) is 34.6 Å². The number of hydrogen-bond donors (Lipinski definition) is 1. The van der Waals surface area contributed by atoms with Gasteiger partial charge in [-0.15, -0.1) is 0 Å². The Hall–Kier alpha value is -0.120. The fourth-order valence-electron chi connectivity index (χ4n) is 1.84. The number of hydrogen-bond acceptors (Lipinski definition) is 3. The summed E-state index contributed by atoms with van der Waals surface area (Å²) in [4.78, 5) is 4.98. The van der Waals surface area contributed by atoms with Crippen LogP contribution in [0.3, 0.4) is 0 Å². The van der Waals surface area contributed by atoms with E-state index >= 15 is 0 Å². The molecule has 0 aromatic carbocycles. The summed E-state index contributed by atoms with van der Waals surface area (Å²) in [5, 5.41) is 0. The first-order valence-electron chi connectivity index (χ1n) is 6.63. The molecule has 0 fully saturated rings. The second kappa shape index (κ2) is 8.04. The molecule has 98 valence electrons. The Morgan fingerprint density at radius 1 is 0.875 bits per heavy atom. The topological polar surface area (TPSA) is 32.5 Å². The highest BCUT2D eigenvalue weighted by molar-refractivity contribution is 4.74. The van der Waals surface area contributed by atoms with Crippen LogP contribution < -0.4 is 5.73 Å². The van der Waals surface area contributed by atoms with Gasteiger partial charge in [0.2, 0.25) is 0 Å². The van der Waals surface area contributed by atoms with Crippen LogP contribution in [0.15, 0.2) is 0 Å². The highest BCUT2D eigenvalue weighted by atomic mass is 15.2. The van der Waals surface area contributed by atoms with Crippen molar-refractivity contribution in [2.24, 2.45) is 11.1 Å². The van der Waals surface area contributed by atoms with E-state index in [1.807, 2.05) is 0 Å². The van der Waals surface area contributed by atoms with Crippen LogP contribution >= 0.6 is 0 Å². The highest BCUT2D eigenvalue weighted by Gasteiger charge is 2.19. The van der Waals surface area contributed by atoms with Crippen LogP contribution in [0, 0.1) is 5.41 Å². The van der Waals surface area contributed by atoms with E-state index in [0.717, 1.165) is 39.3 Å². The van der Waals surface area contributed by atoms with Crippen molar-refractivity contribution in [1.29, 1.82) is 0 Å². The first kappa shape index (κ1) is 15.9. The molecule has 0 saturated carbocycles. The maximum absolute atomic E-state index is 5.78. The molecule has 0 spiro atoms. The normalized spacial score (nSPS) is 12.8. The van der Waals surface area contributed by atoms with Gasteiger partial charge in [-0.05, 0) is 31.6 Å². The van der Waals surface area contributed by atoms with Crippen molar-refractivity contribution in [2.75, 3.05) is 45.8 Å². The van der Waals surface area contributed by atoms with Crippen LogP contribution in [0.25, 0.3) is 0 Å². The molecule has 0 aromatic heterocycles. The van der Waals surface area contributed by atoms with E-state index in [9.17, 15) is 0 Å².